The fourth-order valence-corrected chi connectivity index (χ4v) is 4.03. The maximum Gasteiger partial charge on any atom is 0.409 e. The van der Waals surface area contributed by atoms with Crippen molar-refractivity contribution in [1.29, 1.82) is 0 Å². The van der Waals surface area contributed by atoms with Crippen molar-refractivity contribution in [3.63, 3.8) is 0 Å². The van der Waals surface area contributed by atoms with Crippen molar-refractivity contribution < 1.29 is 9.53 Å². The standard InChI is InChI=1S/C17H32N4O2/c1-14-4-3-5-15(18-14)13-23-17(22)21-7-6-16(12-21)20-10-8-19(2)9-11-20/h14-16,18H,3-13H2,1-2H3/t14-,15-,16?/m1/s1. The number of piperazine rings is 1. The summed E-state index contributed by atoms with van der Waals surface area (Å²) >= 11 is 0. The van der Waals surface area contributed by atoms with E-state index in [9.17, 15) is 4.79 Å². The second-order valence-electron chi connectivity index (χ2n) is 7.50. The molecule has 3 fully saturated rings. The summed E-state index contributed by atoms with van der Waals surface area (Å²) in [6.45, 7) is 8.89. The fourth-order valence-electron chi connectivity index (χ4n) is 4.03. The lowest BCUT2D eigenvalue weighted by Crippen LogP contribution is -2.50. The van der Waals surface area contributed by atoms with E-state index in [1.54, 1.807) is 0 Å². The Balaban J connectivity index is 1.39. The number of carbonyl (C=O) groups is 1. The predicted molar refractivity (Wildman–Crippen MR) is 90.6 cm³/mol. The van der Waals surface area contributed by atoms with Gasteiger partial charge in [0.1, 0.15) is 6.61 Å². The second kappa shape index (κ2) is 7.81. The van der Waals surface area contributed by atoms with Crippen molar-refractivity contribution in [2.45, 2.75) is 50.7 Å². The van der Waals surface area contributed by atoms with E-state index in [2.05, 4.69) is 29.1 Å². The third kappa shape index (κ3) is 4.58. The molecule has 1 amide bonds. The van der Waals surface area contributed by atoms with E-state index in [-0.39, 0.29) is 6.09 Å². The minimum atomic E-state index is -0.123. The first-order chi connectivity index (χ1) is 11.1. The molecule has 0 bridgehead atoms. The zero-order chi connectivity index (χ0) is 16.2. The topological polar surface area (TPSA) is 48.1 Å². The molecule has 0 radical (unpaired) electrons. The Hall–Kier alpha value is -0.850. The van der Waals surface area contributed by atoms with Crippen molar-refractivity contribution in [1.82, 2.24) is 20.0 Å². The molecule has 3 atom stereocenters. The summed E-state index contributed by atoms with van der Waals surface area (Å²) in [4.78, 5) is 19.1. The molecule has 3 aliphatic rings. The zero-order valence-electron chi connectivity index (χ0n) is 14.7. The molecule has 0 aromatic carbocycles. The quantitative estimate of drug-likeness (QED) is 0.838. The second-order valence-corrected chi connectivity index (χ2v) is 7.50. The van der Waals surface area contributed by atoms with Gasteiger partial charge in [-0.05, 0) is 33.2 Å². The van der Waals surface area contributed by atoms with Crippen LogP contribution in [0.2, 0.25) is 0 Å². The van der Waals surface area contributed by atoms with Crippen LogP contribution in [-0.2, 0) is 4.74 Å². The molecule has 3 saturated heterocycles. The van der Waals surface area contributed by atoms with Crippen LogP contribution in [0.15, 0.2) is 0 Å². The molecule has 0 aliphatic carbocycles. The molecule has 1 N–H and O–H groups in total. The molecule has 1 unspecified atom stereocenters. The third-order valence-electron chi connectivity index (χ3n) is 5.59. The Bertz CT molecular complexity index is 398. The Kier molecular flexibility index (Phi) is 5.77. The van der Waals surface area contributed by atoms with Gasteiger partial charge in [0.15, 0.2) is 0 Å². The van der Waals surface area contributed by atoms with E-state index in [0.29, 0.717) is 24.7 Å². The molecule has 3 aliphatic heterocycles. The van der Waals surface area contributed by atoms with Crippen LogP contribution in [0.1, 0.15) is 32.6 Å². The molecule has 0 saturated carbocycles. The summed E-state index contributed by atoms with van der Waals surface area (Å²) in [6, 6.07) is 1.39. The van der Waals surface area contributed by atoms with E-state index >= 15 is 0 Å². The van der Waals surface area contributed by atoms with Crippen molar-refractivity contribution in [3.8, 4) is 0 Å². The number of likely N-dealkylation sites (tertiary alicyclic amines) is 1. The maximum atomic E-state index is 12.3. The summed E-state index contributed by atoms with van der Waals surface area (Å²) in [6.07, 6.45) is 4.52. The fraction of sp³-hybridized carbons (Fsp3) is 0.941. The molecule has 3 rings (SSSR count). The molecular formula is C17H32N4O2. The number of likely N-dealkylation sites (N-methyl/N-ethyl adjacent to an activating group) is 1. The van der Waals surface area contributed by atoms with Crippen molar-refractivity contribution in [2.24, 2.45) is 0 Å². The summed E-state index contributed by atoms with van der Waals surface area (Å²) in [5, 5.41) is 3.52. The molecule has 23 heavy (non-hydrogen) atoms. The average Bonchev–Trinajstić information content (AvgIpc) is 3.03. The molecule has 3 heterocycles. The number of hydrogen-bond acceptors (Lipinski definition) is 5. The molecule has 6 nitrogen and oxygen atoms in total. The number of nitrogens with one attached hydrogen (secondary N) is 1. The molecule has 0 spiro atoms. The highest BCUT2D eigenvalue weighted by atomic mass is 16.6. The van der Waals surface area contributed by atoms with Gasteiger partial charge in [-0.1, -0.05) is 6.42 Å². The normalized spacial score (nSPS) is 33.8. The Morgan fingerprint density at radius 2 is 1.91 bits per heavy atom. The third-order valence-corrected chi connectivity index (χ3v) is 5.59. The van der Waals surface area contributed by atoms with Gasteiger partial charge >= 0.3 is 6.09 Å². The number of carbonyl (C=O) groups excluding carboxylic acids is 1. The first-order valence-corrected chi connectivity index (χ1v) is 9.22. The molecule has 6 heteroatoms. The van der Waals surface area contributed by atoms with Crippen LogP contribution < -0.4 is 5.32 Å². The van der Waals surface area contributed by atoms with E-state index in [0.717, 1.165) is 52.1 Å². The van der Waals surface area contributed by atoms with Crippen LogP contribution in [0, 0.1) is 0 Å². The Morgan fingerprint density at radius 1 is 1.13 bits per heavy atom. The monoisotopic (exact) mass is 324 g/mol. The van der Waals surface area contributed by atoms with Gasteiger partial charge in [0, 0.05) is 57.4 Å². The molecule has 132 valence electrons. The number of amides is 1. The van der Waals surface area contributed by atoms with Crippen LogP contribution in [0.3, 0.4) is 0 Å². The number of ether oxygens (including phenoxy) is 1. The SMILES string of the molecule is C[C@@H]1CCC[C@H](COC(=O)N2CCC(N3CCN(C)CC3)C2)N1. The van der Waals surface area contributed by atoms with Gasteiger partial charge in [-0.2, -0.15) is 0 Å². The summed E-state index contributed by atoms with van der Waals surface area (Å²) in [5.74, 6) is 0. The first kappa shape index (κ1) is 17.0. The molecule has 0 aromatic rings. The number of piperidine rings is 1. The van der Waals surface area contributed by atoms with Crippen molar-refractivity contribution in [3.05, 3.63) is 0 Å². The van der Waals surface area contributed by atoms with Gasteiger partial charge in [-0.15, -0.1) is 0 Å². The van der Waals surface area contributed by atoms with Gasteiger partial charge in [-0.3, -0.25) is 4.90 Å². The van der Waals surface area contributed by atoms with Crippen LogP contribution in [0.5, 0.6) is 0 Å². The lowest BCUT2D eigenvalue weighted by molar-refractivity contribution is 0.0847. The van der Waals surface area contributed by atoms with Gasteiger partial charge < -0.3 is 19.9 Å². The number of nitrogens with zero attached hydrogens (tertiary/aromatic N) is 3. The van der Waals surface area contributed by atoms with Crippen molar-refractivity contribution >= 4 is 6.09 Å². The highest BCUT2D eigenvalue weighted by Crippen LogP contribution is 2.18. The van der Waals surface area contributed by atoms with Gasteiger partial charge in [0.25, 0.3) is 0 Å². The summed E-state index contributed by atoms with van der Waals surface area (Å²) < 4.78 is 5.56. The lowest BCUT2D eigenvalue weighted by atomic mass is 10.0. The van der Waals surface area contributed by atoms with E-state index < -0.39 is 0 Å². The highest BCUT2D eigenvalue weighted by Gasteiger charge is 2.32. The number of rotatable bonds is 3. The van der Waals surface area contributed by atoms with Crippen LogP contribution in [-0.4, -0.2) is 91.8 Å². The molecule has 0 aromatic heterocycles. The minimum absolute atomic E-state index is 0.123. The Labute approximate surface area is 140 Å². The predicted octanol–water partition coefficient (Wildman–Crippen LogP) is 0.975. The van der Waals surface area contributed by atoms with E-state index in [1.165, 1.54) is 12.8 Å². The van der Waals surface area contributed by atoms with Crippen LogP contribution in [0.4, 0.5) is 4.79 Å². The van der Waals surface area contributed by atoms with E-state index in [1.807, 2.05) is 4.90 Å². The maximum absolute atomic E-state index is 12.3. The first-order valence-electron chi connectivity index (χ1n) is 9.22. The Morgan fingerprint density at radius 3 is 2.65 bits per heavy atom. The minimum Gasteiger partial charge on any atom is -0.448 e. The van der Waals surface area contributed by atoms with Crippen molar-refractivity contribution in [2.75, 3.05) is 52.9 Å². The van der Waals surface area contributed by atoms with Crippen LogP contribution >= 0.6 is 0 Å². The van der Waals surface area contributed by atoms with Gasteiger partial charge in [0.2, 0.25) is 0 Å². The smallest absolute Gasteiger partial charge is 0.409 e. The summed E-state index contributed by atoms with van der Waals surface area (Å²) in [7, 11) is 2.18. The van der Waals surface area contributed by atoms with Crippen LogP contribution in [0.25, 0.3) is 0 Å². The average molecular weight is 324 g/mol. The molecular weight excluding hydrogens is 292 g/mol. The summed E-state index contributed by atoms with van der Waals surface area (Å²) in [5.41, 5.74) is 0. The zero-order valence-corrected chi connectivity index (χ0v) is 14.7. The van der Waals surface area contributed by atoms with E-state index in [4.69, 9.17) is 4.74 Å². The lowest BCUT2D eigenvalue weighted by Gasteiger charge is -2.36. The number of hydrogen-bond donors (Lipinski definition) is 1. The highest BCUT2D eigenvalue weighted by molar-refractivity contribution is 5.68. The van der Waals surface area contributed by atoms with Gasteiger partial charge in [-0.25, -0.2) is 4.79 Å². The van der Waals surface area contributed by atoms with Gasteiger partial charge in [0.05, 0.1) is 0 Å². The largest absolute Gasteiger partial charge is 0.448 e.